The minimum atomic E-state index is -4.45. The summed E-state index contributed by atoms with van der Waals surface area (Å²) in [6.45, 7) is 0.319. The Hall–Kier alpha value is -1.63. The largest absolute Gasteiger partial charge is 0.417 e. The van der Waals surface area contributed by atoms with E-state index in [0.717, 1.165) is 25.0 Å². The average Bonchev–Trinajstić information content (AvgIpc) is 3.08. The number of pyridine rings is 1. The average molecular weight is 259 g/mol. The van der Waals surface area contributed by atoms with Gasteiger partial charge in [0.25, 0.3) is 5.91 Å². The molecular weight excluding hydrogens is 247 g/mol. The van der Waals surface area contributed by atoms with Crippen LogP contribution < -0.4 is 11.1 Å². The molecule has 1 saturated carbocycles. The summed E-state index contributed by atoms with van der Waals surface area (Å²) in [5.74, 6) is -0.494. The second kappa shape index (κ2) is 4.24. The predicted octanol–water partition coefficient (Wildman–Crippen LogP) is 1.32. The molecule has 0 saturated heterocycles. The van der Waals surface area contributed by atoms with Crippen molar-refractivity contribution in [2.45, 2.75) is 24.6 Å². The Balaban J connectivity index is 2.08. The Bertz CT molecular complexity index is 452. The van der Waals surface area contributed by atoms with Gasteiger partial charge in [0, 0.05) is 12.7 Å². The fraction of sp³-hybridized carbons (Fsp3) is 0.455. The lowest BCUT2D eigenvalue weighted by Crippen LogP contribution is -2.42. The van der Waals surface area contributed by atoms with Gasteiger partial charge in [0.15, 0.2) is 0 Å². The number of halogens is 3. The van der Waals surface area contributed by atoms with Crippen molar-refractivity contribution in [2.75, 3.05) is 6.54 Å². The highest BCUT2D eigenvalue weighted by atomic mass is 19.4. The van der Waals surface area contributed by atoms with E-state index in [4.69, 9.17) is 5.73 Å². The van der Waals surface area contributed by atoms with Crippen molar-refractivity contribution in [1.82, 2.24) is 10.3 Å². The van der Waals surface area contributed by atoms with E-state index in [1.807, 2.05) is 0 Å². The third-order valence-corrected chi connectivity index (χ3v) is 2.95. The van der Waals surface area contributed by atoms with E-state index in [-0.39, 0.29) is 11.2 Å². The number of rotatable bonds is 3. The zero-order valence-electron chi connectivity index (χ0n) is 9.42. The van der Waals surface area contributed by atoms with Crippen molar-refractivity contribution >= 4 is 5.91 Å². The molecule has 3 N–H and O–H groups in total. The number of nitrogens with two attached hydrogens (primary N) is 1. The zero-order valence-corrected chi connectivity index (χ0v) is 9.42. The van der Waals surface area contributed by atoms with Gasteiger partial charge in [-0.2, -0.15) is 13.2 Å². The quantitative estimate of drug-likeness (QED) is 0.860. The summed E-state index contributed by atoms with van der Waals surface area (Å²) in [5, 5.41) is 2.68. The van der Waals surface area contributed by atoms with Crippen molar-refractivity contribution in [3.05, 3.63) is 29.6 Å². The summed E-state index contributed by atoms with van der Waals surface area (Å²) in [6, 6.07) is 1.90. The highest BCUT2D eigenvalue weighted by molar-refractivity contribution is 5.93. The molecule has 0 radical (unpaired) electrons. The van der Waals surface area contributed by atoms with Crippen LogP contribution in [0, 0.1) is 0 Å². The van der Waals surface area contributed by atoms with Crippen molar-refractivity contribution < 1.29 is 18.0 Å². The minimum absolute atomic E-state index is 0.0391. The molecule has 1 fully saturated rings. The van der Waals surface area contributed by atoms with Gasteiger partial charge in [-0.05, 0) is 25.0 Å². The first-order valence-electron chi connectivity index (χ1n) is 5.42. The molecule has 2 rings (SSSR count). The Morgan fingerprint density at radius 2 is 2.11 bits per heavy atom. The lowest BCUT2D eigenvalue weighted by molar-refractivity contribution is -0.137. The van der Waals surface area contributed by atoms with E-state index >= 15 is 0 Å². The minimum Gasteiger partial charge on any atom is -0.344 e. The van der Waals surface area contributed by atoms with Crippen molar-refractivity contribution in [2.24, 2.45) is 5.73 Å². The van der Waals surface area contributed by atoms with Crippen LogP contribution in [0.15, 0.2) is 18.3 Å². The molecular formula is C11H12F3N3O. The molecule has 0 aliphatic heterocycles. The van der Waals surface area contributed by atoms with Crippen LogP contribution in [0.3, 0.4) is 0 Å². The molecule has 0 aromatic carbocycles. The van der Waals surface area contributed by atoms with Crippen molar-refractivity contribution in [3.63, 3.8) is 0 Å². The van der Waals surface area contributed by atoms with Crippen molar-refractivity contribution in [3.8, 4) is 0 Å². The van der Waals surface area contributed by atoms with Gasteiger partial charge in [0.05, 0.1) is 11.1 Å². The second-order valence-electron chi connectivity index (χ2n) is 4.37. The standard InChI is InChI=1S/C11H12F3N3O/c12-11(13,14)7-1-2-8(16-5-7)9(18)17-10(6-15)3-4-10/h1-2,5H,3-4,6,15H2,(H,17,18). The molecule has 1 heterocycles. The van der Waals surface area contributed by atoms with E-state index in [1.54, 1.807) is 0 Å². The SMILES string of the molecule is NCC1(NC(=O)c2ccc(C(F)(F)F)cn2)CC1. The van der Waals surface area contributed by atoms with Crippen LogP contribution in [0.5, 0.6) is 0 Å². The van der Waals surface area contributed by atoms with Gasteiger partial charge in [-0.15, -0.1) is 0 Å². The fourth-order valence-corrected chi connectivity index (χ4v) is 1.53. The molecule has 98 valence electrons. The maximum absolute atomic E-state index is 12.3. The topological polar surface area (TPSA) is 68.0 Å². The molecule has 18 heavy (non-hydrogen) atoms. The van der Waals surface area contributed by atoms with Gasteiger partial charge in [-0.1, -0.05) is 0 Å². The molecule has 0 spiro atoms. The summed E-state index contributed by atoms with van der Waals surface area (Å²) < 4.78 is 36.9. The maximum atomic E-state index is 12.3. The number of carbonyl (C=O) groups excluding carboxylic acids is 1. The number of nitrogens with zero attached hydrogens (tertiary/aromatic N) is 1. The number of hydrogen-bond donors (Lipinski definition) is 2. The Labute approximate surface area is 101 Å². The number of aromatic nitrogens is 1. The van der Waals surface area contributed by atoms with E-state index in [2.05, 4.69) is 10.3 Å². The third-order valence-electron chi connectivity index (χ3n) is 2.95. The summed E-state index contributed by atoms with van der Waals surface area (Å²) in [5.41, 5.74) is 4.19. The van der Waals surface area contributed by atoms with Crippen LogP contribution in [0.1, 0.15) is 28.9 Å². The smallest absolute Gasteiger partial charge is 0.344 e. The monoisotopic (exact) mass is 259 g/mol. The lowest BCUT2D eigenvalue weighted by atomic mass is 10.2. The third kappa shape index (κ3) is 2.61. The van der Waals surface area contributed by atoms with Gasteiger partial charge < -0.3 is 11.1 Å². The zero-order chi connectivity index (χ0) is 13.4. The summed E-state index contributed by atoms with van der Waals surface area (Å²) >= 11 is 0. The van der Waals surface area contributed by atoms with E-state index in [0.29, 0.717) is 12.7 Å². The van der Waals surface area contributed by atoms with Gasteiger partial charge in [-0.3, -0.25) is 9.78 Å². The molecule has 1 aromatic heterocycles. The first-order chi connectivity index (χ1) is 8.36. The molecule has 0 atom stereocenters. The first kappa shape index (κ1) is 12.8. The molecule has 1 amide bonds. The number of hydrogen-bond acceptors (Lipinski definition) is 3. The summed E-state index contributed by atoms with van der Waals surface area (Å²) in [6.07, 6.45) is -2.22. The highest BCUT2D eigenvalue weighted by Crippen LogP contribution is 2.34. The molecule has 0 unspecified atom stereocenters. The van der Waals surface area contributed by atoms with E-state index < -0.39 is 17.6 Å². The van der Waals surface area contributed by atoms with Crippen molar-refractivity contribution in [1.29, 1.82) is 0 Å². The van der Waals surface area contributed by atoms with E-state index in [9.17, 15) is 18.0 Å². The number of nitrogens with one attached hydrogen (secondary N) is 1. The van der Waals surface area contributed by atoms with Crippen LogP contribution in [-0.4, -0.2) is 23.0 Å². The Kier molecular flexibility index (Phi) is 3.02. The number of amides is 1. The normalized spacial score (nSPS) is 17.3. The van der Waals surface area contributed by atoms with Gasteiger partial charge in [0.2, 0.25) is 0 Å². The number of carbonyl (C=O) groups is 1. The maximum Gasteiger partial charge on any atom is 0.417 e. The molecule has 1 aromatic rings. The molecule has 7 heteroatoms. The number of alkyl halides is 3. The summed E-state index contributed by atoms with van der Waals surface area (Å²) in [7, 11) is 0. The van der Waals surface area contributed by atoms with Crippen LogP contribution in [-0.2, 0) is 6.18 Å². The molecule has 1 aliphatic carbocycles. The Morgan fingerprint density at radius 3 is 2.50 bits per heavy atom. The van der Waals surface area contributed by atoms with Crippen LogP contribution in [0.4, 0.5) is 13.2 Å². The second-order valence-corrected chi connectivity index (χ2v) is 4.37. The van der Waals surface area contributed by atoms with Crippen LogP contribution in [0.25, 0.3) is 0 Å². The van der Waals surface area contributed by atoms with Gasteiger partial charge >= 0.3 is 6.18 Å². The van der Waals surface area contributed by atoms with Crippen LogP contribution in [0.2, 0.25) is 0 Å². The van der Waals surface area contributed by atoms with Crippen LogP contribution >= 0.6 is 0 Å². The highest BCUT2D eigenvalue weighted by Gasteiger charge is 2.43. The summed E-state index contributed by atoms with van der Waals surface area (Å²) in [4.78, 5) is 15.2. The predicted molar refractivity (Wildman–Crippen MR) is 57.7 cm³/mol. The molecule has 0 bridgehead atoms. The molecule has 4 nitrogen and oxygen atoms in total. The lowest BCUT2D eigenvalue weighted by Gasteiger charge is -2.14. The first-order valence-corrected chi connectivity index (χ1v) is 5.42. The van der Waals surface area contributed by atoms with Gasteiger partial charge in [0.1, 0.15) is 5.69 Å². The molecule has 1 aliphatic rings. The Morgan fingerprint density at radius 1 is 1.44 bits per heavy atom. The fourth-order valence-electron chi connectivity index (χ4n) is 1.53. The van der Waals surface area contributed by atoms with Gasteiger partial charge in [-0.25, -0.2) is 0 Å². The van der Waals surface area contributed by atoms with E-state index in [1.165, 1.54) is 0 Å².